The molecule has 30 heavy (non-hydrogen) atoms. The van der Waals surface area contributed by atoms with Gasteiger partial charge in [-0.3, -0.25) is 0 Å². The van der Waals surface area contributed by atoms with E-state index in [1.165, 1.54) is 0 Å². The van der Waals surface area contributed by atoms with Crippen LogP contribution in [0.2, 0.25) is 0 Å². The predicted molar refractivity (Wildman–Crippen MR) is 117 cm³/mol. The number of nitrogens with zero attached hydrogens (tertiary/aromatic N) is 1. The van der Waals surface area contributed by atoms with E-state index in [0.29, 0.717) is 5.56 Å². The lowest BCUT2D eigenvalue weighted by Crippen LogP contribution is -2.15. The number of carbonyl (C=O) groups excluding carboxylic acids is 1. The fraction of sp³-hybridized carbons (Fsp3) is 0.154. The third-order valence-corrected chi connectivity index (χ3v) is 5.45. The van der Waals surface area contributed by atoms with Crippen LogP contribution in [-0.4, -0.2) is 11.0 Å². The lowest BCUT2D eigenvalue weighted by Gasteiger charge is -2.22. The molecular weight excluding hydrogens is 374 g/mol. The van der Waals surface area contributed by atoms with Crippen LogP contribution in [0.5, 0.6) is 0 Å². The van der Waals surface area contributed by atoms with Gasteiger partial charge in [-0.1, -0.05) is 48.5 Å². The Bertz CT molecular complexity index is 1220. The molecule has 0 atom stereocenters. The predicted octanol–water partition coefficient (Wildman–Crippen LogP) is 6.06. The van der Waals surface area contributed by atoms with Crippen molar-refractivity contribution in [1.29, 1.82) is 0 Å². The van der Waals surface area contributed by atoms with E-state index in [-0.39, 0.29) is 12.6 Å². The van der Waals surface area contributed by atoms with E-state index in [4.69, 9.17) is 14.1 Å². The highest BCUT2D eigenvalue weighted by molar-refractivity contribution is 6.06. The van der Waals surface area contributed by atoms with Crippen molar-refractivity contribution in [3.05, 3.63) is 101 Å². The summed E-state index contributed by atoms with van der Waals surface area (Å²) in [5.74, 6) is 0.494. The number of ether oxygens (including phenoxy) is 1. The van der Waals surface area contributed by atoms with Gasteiger partial charge in [0.05, 0.1) is 23.0 Å². The molecule has 0 amide bonds. The van der Waals surface area contributed by atoms with Gasteiger partial charge in [0, 0.05) is 5.39 Å². The minimum atomic E-state index is -0.298. The molecule has 0 N–H and O–H groups in total. The first-order valence-corrected chi connectivity index (χ1v) is 10.2. The Labute approximate surface area is 174 Å². The molecule has 4 heteroatoms. The van der Waals surface area contributed by atoms with Crippen molar-refractivity contribution in [2.24, 2.45) is 0 Å². The van der Waals surface area contributed by atoms with Gasteiger partial charge >= 0.3 is 5.97 Å². The van der Waals surface area contributed by atoms with E-state index < -0.39 is 0 Å². The molecule has 0 saturated carbocycles. The number of allylic oxidation sites excluding steroid dienone is 1. The molecule has 1 aliphatic rings. The number of carbonyl (C=O) groups is 1. The number of fused-ring (bicyclic) bond motifs is 2. The van der Waals surface area contributed by atoms with Crippen molar-refractivity contribution in [2.45, 2.75) is 25.9 Å². The van der Waals surface area contributed by atoms with Crippen LogP contribution in [0, 0.1) is 0 Å². The third-order valence-electron chi connectivity index (χ3n) is 5.45. The number of hydrogen-bond acceptors (Lipinski definition) is 4. The van der Waals surface area contributed by atoms with Crippen LogP contribution >= 0.6 is 0 Å². The lowest BCUT2D eigenvalue weighted by atomic mass is 9.86. The first-order chi connectivity index (χ1) is 14.8. The van der Waals surface area contributed by atoms with E-state index >= 15 is 0 Å². The smallest absolute Gasteiger partial charge is 0.339 e. The summed E-state index contributed by atoms with van der Waals surface area (Å²) in [7, 11) is 0. The van der Waals surface area contributed by atoms with E-state index in [0.717, 1.165) is 58.3 Å². The van der Waals surface area contributed by atoms with Crippen LogP contribution in [0.3, 0.4) is 0 Å². The number of benzene rings is 2. The molecule has 148 valence electrons. The molecule has 2 aromatic carbocycles. The molecule has 0 unspecified atom stereocenters. The van der Waals surface area contributed by atoms with E-state index in [1.807, 2.05) is 72.8 Å². The van der Waals surface area contributed by atoms with E-state index in [2.05, 4.69) is 0 Å². The second-order valence-corrected chi connectivity index (χ2v) is 7.43. The molecule has 0 aliphatic heterocycles. The zero-order valence-corrected chi connectivity index (χ0v) is 16.5. The molecule has 4 aromatic rings. The first-order valence-electron chi connectivity index (χ1n) is 10.2. The van der Waals surface area contributed by atoms with Crippen molar-refractivity contribution >= 4 is 28.5 Å². The molecule has 0 saturated heterocycles. The van der Waals surface area contributed by atoms with Crippen LogP contribution in [0.1, 0.15) is 45.8 Å². The van der Waals surface area contributed by atoms with Crippen LogP contribution in [0.15, 0.2) is 77.4 Å². The standard InChI is InChI=1S/C26H21NO3/c28-26(30-17-18-8-2-1-3-9-18)24-21-12-4-5-14-23(21)27-25-19(10-6-13-22(24)25)16-20-11-7-15-29-20/h1-5,7-9,11-12,14-16H,6,10,13,17H2/b19-16+. The van der Waals surface area contributed by atoms with Crippen LogP contribution < -0.4 is 0 Å². The molecule has 4 nitrogen and oxygen atoms in total. The van der Waals surface area contributed by atoms with Gasteiger partial charge in [-0.15, -0.1) is 0 Å². The van der Waals surface area contributed by atoms with Gasteiger partial charge in [0.1, 0.15) is 12.4 Å². The Hall–Kier alpha value is -3.66. The van der Waals surface area contributed by atoms with Gasteiger partial charge in [-0.05, 0) is 60.2 Å². The number of aromatic nitrogens is 1. The Kier molecular flexibility index (Phi) is 4.89. The summed E-state index contributed by atoms with van der Waals surface area (Å²) in [6.45, 7) is 0.250. The zero-order valence-electron chi connectivity index (χ0n) is 16.5. The van der Waals surface area contributed by atoms with Crippen molar-refractivity contribution in [1.82, 2.24) is 4.98 Å². The third kappa shape index (κ3) is 3.52. The molecule has 0 bridgehead atoms. The number of esters is 1. The highest BCUT2D eigenvalue weighted by Crippen LogP contribution is 2.36. The van der Waals surface area contributed by atoms with Crippen LogP contribution in [-0.2, 0) is 17.8 Å². The number of hydrogen-bond donors (Lipinski definition) is 0. The molecule has 2 heterocycles. The fourth-order valence-electron chi connectivity index (χ4n) is 4.05. The highest BCUT2D eigenvalue weighted by atomic mass is 16.5. The van der Waals surface area contributed by atoms with Crippen LogP contribution in [0.4, 0.5) is 0 Å². The molecular formula is C26H21NO3. The molecule has 5 rings (SSSR count). The summed E-state index contributed by atoms with van der Waals surface area (Å²) in [6.07, 6.45) is 6.35. The number of para-hydroxylation sites is 1. The van der Waals surface area contributed by atoms with E-state index in [1.54, 1.807) is 6.26 Å². The van der Waals surface area contributed by atoms with Gasteiger partial charge in [-0.2, -0.15) is 0 Å². The second-order valence-electron chi connectivity index (χ2n) is 7.43. The van der Waals surface area contributed by atoms with Gasteiger partial charge < -0.3 is 9.15 Å². The van der Waals surface area contributed by atoms with E-state index in [9.17, 15) is 4.79 Å². The maximum Gasteiger partial charge on any atom is 0.339 e. The second kappa shape index (κ2) is 7.99. The number of pyridine rings is 1. The number of furan rings is 1. The van der Waals surface area contributed by atoms with Gasteiger partial charge in [0.15, 0.2) is 0 Å². The average molecular weight is 395 g/mol. The topological polar surface area (TPSA) is 52.3 Å². The summed E-state index contributed by atoms with van der Waals surface area (Å²) in [5, 5.41) is 0.841. The summed E-state index contributed by atoms with van der Waals surface area (Å²) in [6, 6.07) is 21.3. The fourth-order valence-corrected chi connectivity index (χ4v) is 4.05. The lowest BCUT2D eigenvalue weighted by molar-refractivity contribution is 0.0473. The van der Waals surface area contributed by atoms with Crippen molar-refractivity contribution in [3.8, 4) is 0 Å². The van der Waals surface area contributed by atoms with Crippen LogP contribution in [0.25, 0.3) is 22.6 Å². The Morgan fingerprint density at radius 1 is 1.00 bits per heavy atom. The van der Waals surface area contributed by atoms with Crippen molar-refractivity contribution in [3.63, 3.8) is 0 Å². The largest absolute Gasteiger partial charge is 0.465 e. The zero-order chi connectivity index (χ0) is 20.3. The molecule has 2 aromatic heterocycles. The van der Waals surface area contributed by atoms with Gasteiger partial charge in [0.2, 0.25) is 0 Å². The summed E-state index contributed by atoms with van der Waals surface area (Å²) >= 11 is 0. The van der Waals surface area contributed by atoms with Crippen molar-refractivity contribution in [2.75, 3.05) is 0 Å². The maximum atomic E-state index is 13.2. The SMILES string of the molecule is O=C(OCc1ccccc1)c1c2c(nc3ccccc13)/C(=C/c1ccco1)CCC2. The minimum absolute atomic E-state index is 0.250. The average Bonchev–Trinajstić information content (AvgIpc) is 3.30. The summed E-state index contributed by atoms with van der Waals surface area (Å²) in [5.41, 5.74) is 5.34. The monoisotopic (exact) mass is 395 g/mol. The van der Waals surface area contributed by atoms with Gasteiger partial charge in [0.25, 0.3) is 0 Å². The van der Waals surface area contributed by atoms with Gasteiger partial charge in [-0.25, -0.2) is 9.78 Å². The first kappa shape index (κ1) is 18.4. The Morgan fingerprint density at radius 3 is 2.67 bits per heavy atom. The maximum absolute atomic E-state index is 13.2. The molecule has 0 radical (unpaired) electrons. The van der Waals surface area contributed by atoms with Crippen molar-refractivity contribution < 1.29 is 13.9 Å². The normalized spacial score (nSPS) is 14.6. The molecule has 0 fully saturated rings. The molecule has 1 aliphatic carbocycles. The Balaban J connectivity index is 1.59. The highest BCUT2D eigenvalue weighted by Gasteiger charge is 2.26. The number of rotatable bonds is 4. The summed E-state index contributed by atoms with van der Waals surface area (Å²) < 4.78 is 11.2. The Morgan fingerprint density at radius 2 is 1.83 bits per heavy atom. The molecule has 0 spiro atoms. The minimum Gasteiger partial charge on any atom is -0.465 e. The quantitative estimate of drug-likeness (QED) is 0.394. The summed E-state index contributed by atoms with van der Waals surface area (Å²) in [4.78, 5) is 18.2.